The predicted octanol–water partition coefficient (Wildman–Crippen LogP) is 4.62. The van der Waals surface area contributed by atoms with Crippen LogP contribution in [-0.2, 0) is 28.9 Å². The van der Waals surface area contributed by atoms with Crippen molar-refractivity contribution in [2.24, 2.45) is 5.92 Å². The Kier molecular flexibility index (Phi) is 7.79. The number of ether oxygens (including phenoxy) is 1. The van der Waals surface area contributed by atoms with Crippen LogP contribution in [0.15, 0.2) is 42.3 Å². The summed E-state index contributed by atoms with van der Waals surface area (Å²) in [5, 5.41) is 12.7. The van der Waals surface area contributed by atoms with Crippen molar-refractivity contribution >= 4 is 40.0 Å². The molecule has 3 heterocycles. The number of esters is 1. The van der Waals surface area contributed by atoms with Gasteiger partial charge in [0, 0.05) is 29.4 Å². The highest BCUT2D eigenvalue weighted by molar-refractivity contribution is 7.99. The summed E-state index contributed by atoms with van der Waals surface area (Å²) in [6, 6.07) is 3.75. The fraction of sp³-hybridized carbons (Fsp3) is 0.375. The van der Waals surface area contributed by atoms with Crippen LogP contribution in [0.1, 0.15) is 41.1 Å². The van der Waals surface area contributed by atoms with E-state index < -0.39 is 0 Å². The number of hydrogen-bond donors (Lipinski definition) is 1. The van der Waals surface area contributed by atoms with E-state index in [1.165, 1.54) is 23.1 Å². The number of nitrogens with one attached hydrogen (secondary N) is 1. The van der Waals surface area contributed by atoms with Crippen molar-refractivity contribution in [3.05, 3.63) is 53.2 Å². The van der Waals surface area contributed by atoms with Gasteiger partial charge in [-0.05, 0) is 49.8 Å². The molecule has 1 unspecified atom stereocenters. The van der Waals surface area contributed by atoms with Crippen molar-refractivity contribution in [3.63, 3.8) is 0 Å². The summed E-state index contributed by atoms with van der Waals surface area (Å²) in [7, 11) is 0. The van der Waals surface area contributed by atoms with Crippen LogP contribution >= 0.6 is 23.1 Å². The number of allylic oxidation sites excluding steroid dienone is 1. The van der Waals surface area contributed by atoms with Crippen LogP contribution in [0.25, 0.3) is 11.4 Å². The number of rotatable bonds is 9. The van der Waals surface area contributed by atoms with Crippen molar-refractivity contribution in [2.75, 3.05) is 17.7 Å². The highest BCUT2D eigenvalue weighted by Crippen LogP contribution is 2.40. The third kappa shape index (κ3) is 5.23. The third-order valence-corrected chi connectivity index (χ3v) is 7.66. The first kappa shape index (κ1) is 24.2. The van der Waals surface area contributed by atoms with Crippen LogP contribution in [-0.4, -0.2) is 44.0 Å². The second kappa shape index (κ2) is 11.0. The number of pyridine rings is 1. The monoisotopic (exact) mass is 497 g/mol. The molecule has 4 rings (SSSR count). The lowest BCUT2D eigenvalue weighted by Gasteiger charge is -2.18. The van der Waals surface area contributed by atoms with Gasteiger partial charge in [0.1, 0.15) is 5.00 Å². The quantitative estimate of drug-likeness (QED) is 0.262. The van der Waals surface area contributed by atoms with Crippen molar-refractivity contribution in [1.29, 1.82) is 0 Å². The molecule has 0 aromatic carbocycles. The molecular weight excluding hydrogens is 470 g/mol. The molecule has 0 radical (unpaired) electrons. The van der Waals surface area contributed by atoms with Crippen LogP contribution in [0.3, 0.4) is 0 Å². The normalized spacial score (nSPS) is 14.9. The average molecular weight is 498 g/mol. The molecule has 0 bridgehead atoms. The molecule has 10 heteroatoms. The first-order chi connectivity index (χ1) is 16.5. The summed E-state index contributed by atoms with van der Waals surface area (Å²) in [5.74, 6) is 0.775. The molecule has 1 atom stereocenters. The maximum atomic E-state index is 12.9. The number of carbonyl (C=O) groups is 2. The topological polar surface area (TPSA) is 99.0 Å². The van der Waals surface area contributed by atoms with Crippen molar-refractivity contribution in [3.8, 4) is 11.4 Å². The van der Waals surface area contributed by atoms with Crippen LogP contribution < -0.4 is 5.32 Å². The van der Waals surface area contributed by atoms with Gasteiger partial charge < -0.3 is 10.1 Å². The molecule has 0 spiro atoms. The zero-order chi connectivity index (χ0) is 24.1. The van der Waals surface area contributed by atoms with E-state index in [-0.39, 0.29) is 17.6 Å². The first-order valence-electron chi connectivity index (χ1n) is 11.2. The van der Waals surface area contributed by atoms with E-state index in [1.807, 2.05) is 16.7 Å². The van der Waals surface area contributed by atoms with E-state index in [0.29, 0.717) is 40.6 Å². The summed E-state index contributed by atoms with van der Waals surface area (Å²) in [6.07, 6.45) is 7.95. The van der Waals surface area contributed by atoms with E-state index in [1.54, 1.807) is 25.4 Å². The molecule has 1 N–H and O–H groups in total. The molecular formula is C24H27N5O3S2. The van der Waals surface area contributed by atoms with Gasteiger partial charge in [-0.1, -0.05) is 24.8 Å². The second-order valence-electron chi connectivity index (χ2n) is 8.06. The molecule has 0 saturated heterocycles. The standard InChI is InChI=1S/C24H27N5O3S2/c1-4-11-29-21(16-7-6-10-25-13-16)27-28-24(29)33-14-19(30)26-22-20(23(31)32-5-2)17-9-8-15(3)12-18(17)34-22/h4,6-7,10,13,15H,1,5,8-9,11-12,14H2,2-3H3,(H,26,30). The number of carbonyl (C=O) groups excluding carboxylic acids is 2. The number of fused-ring (bicyclic) bond motifs is 1. The molecule has 178 valence electrons. The molecule has 0 fully saturated rings. The van der Waals surface area contributed by atoms with Crippen molar-refractivity contribution < 1.29 is 14.3 Å². The molecule has 34 heavy (non-hydrogen) atoms. The molecule has 3 aromatic rings. The van der Waals surface area contributed by atoms with Gasteiger partial charge in [0.2, 0.25) is 5.91 Å². The average Bonchev–Trinajstić information content (AvgIpc) is 3.39. The minimum Gasteiger partial charge on any atom is -0.462 e. The predicted molar refractivity (Wildman–Crippen MR) is 134 cm³/mol. The summed E-state index contributed by atoms with van der Waals surface area (Å²) in [4.78, 5) is 30.9. The number of amides is 1. The Morgan fingerprint density at radius 3 is 3.00 bits per heavy atom. The van der Waals surface area contributed by atoms with Crippen LogP contribution in [0.5, 0.6) is 0 Å². The largest absolute Gasteiger partial charge is 0.462 e. The van der Waals surface area contributed by atoms with E-state index in [9.17, 15) is 9.59 Å². The minimum absolute atomic E-state index is 0.129. The highest BCUT2D eigenvalue weighted by atomic mass is 32.2. The summed E-state index contributed by atoms with van der Waals surface area (Å²) in [6.45, 7) is 8.61. The number of nitrogens with zero attached hydrogens (tertiary/aromatic N) is 4. The Morgan fingerprint density at radius 1 is 1.41 bits per heavy atom. The van der Waals surface area contributed by atoms with E-state index in [2.05, 4.69) is 34.0 Å². The molecule has 0 saturated carbocycles. The molecule has 8 nitrogen and oxygen atoms in total. The smallest absolute Gasteiger partial charge is 0.341 e. The maximum absolute atomic E-state index is 12.9. The second-order valence-corrected chi connectivity index (χ2v) is 10.1. The summed E-state index contributed by atoms with van der Waals surface area (Å²) >= 11 is 2.77. The van der Waals surface area contributed by atoms with Gasteiger partial charge >= 0.3 is 5.97 Å². The minimum atomic E-state index is -0.371. The van der Waals surface area contributed by atoms with Gasteiger partial charge in [-0.3, -0.25) is 14.3 Å². The molecule has 0 aliphatic heterocycles. The number of thioether (sulfide) groups is 1. The van der Waals surface area contributed by atoms with Crippen LogP contribution in [0.4, 0.5) is 5.00 Å². The maximum Gasteiger partial charge on any atom is 0.341 e. The van der Waals surface area contributed by atoms with Gasteiger partial charge in [-0.2, -0.15) is 0 Å². The Hall–Kier alpha value is -2.98. The highest BCUT2D eigenvalue weighted by Gasteiger charge is 2.29. The molecule has 1 aliphatic rings. The van der Waals surface area contributed by atoms with E-state index in [0.717, 1.165) is 35.3 Å². The van der Waals surface area contributed by atoms with Gasteiger partial charge in [0.15, 0.2) is 11.0 Å². The number of aromatic nitrogens is 4. The van der Waals surface area contributed by atoms with Gasteiger partial charge in [0.25, 0.3) is 0 Å². The SMILES string of the molecule is C=CCn1c(SCC(=O)Nc2sc3c(c2C(=O)OCC)CCC(C)C3)nnc1-c1cccnc1. The Balaban J connectivity index is 1.50. The van der Waals surface area contributed by atoms with Gasteiger partial charge in [-0.15, -0.1) is 28.1 Å². The third-order valence-electron chi connectivity index (χ3n) is 5.52. The first-order valence-corrected chi connectivity index (χ1v) is 13.0. The Bertz CT molecular complexity index is 1190. The Labute approximate surface area is 206 Å². The van der Waals surface area contributed by atoms with Gasteiger partial charge in [-0.25, -0.2) is 4.79 Å². The number of thiophene rings is 1. The van der Waals surface area contributed by atoms with E-state index in [4.69, 9.17) is 4.74 Å². The van der Waals surface area contributed by atoms with Crippen LogP contribution in [0, 0.1) is 5.92 Å². The Morgan fingerprint density at radius 2 is 2.26 bits per heavy atom. The molecule has 3 aromatic heterocycles. The lowest BCUT2D eigenvalue weighted by molar-refractivity contribution is -0.113. The van der Waals surface area contributed by atoms with Crippen LogP contribution in [0.2, 0.25) is 0 Å². The molecule has 1 aliphatic carbocycles. The van der Waals surface area contributed by atoms with E-state index >= 15 is 0 Å². The summed E-state index contributed by atoms with van der Waals surface area (Å²) < 4.78 is 7.19. The van der Waals surface area contributed by atoms with Crippen molar-refractivity contribution in [1.82, 2.24) is 19.7 Å². The zero-order valence-electron chi connectivity index (χ0n) is 19.2. The lowest BCUT2D eigenvalue weighted by Crippen LogP contribution is -2.18. The number of hydrogen-bond acceptors (Lipinski definition) is 8. The fourth-order valence-electron chi connectivity index (χ4n) is 3.95. The molecule has 1 amide bonds. The van der Waals surface area contributed by atoms with Crippen molar-refractivity contribution in [2.45, 2.75) is 44.8 Å². The lowest BCUT2D eigenvalue weighted by atomic mass is 9.88. The fourth-order valence-corrected chi connectivity index (χ4v) is 6.11. The number of anilines is 1. The summed E-state index contributed by atoms with van der Waals surface area (Å²) in [5.41, 5.74) is 2.38. The zero-order valence-corrected chi connectivity index (χ0v) is 20.9. The van der Waals surface area contributed by atoms with Gasteiger partial charge in [0.05, 0.1) is 17.9 Å².